The number of rotatable bonds is 4. The molecule has 18 heavy (non-hydrogen) atoms. The summed E-state index contributed by atoms with van der Waals surface area (Å²) in [6, 6.07) is 1.66. The van der Waals surface area contributed by atoms with Crippen LogP contribution in [0.4, 0.5) is 0 Å². The van der Waals surface area contributed by atoms with E-state index in [1.165, 1.54) is 43.3 Å². The van der Waals surface area contributed by atoms with Crippen molar-refractivity contribution in [3.05, 3.63) is 22.4 Å². The summed E-state index contributed by atoms with van der Waals surface area (Å²) in [6.45, 7) is -0.0276. The molecule has 1 aliphatic rings. The molecule has 0 spiro atoms. The molecule has 0 unspecified atom stereocenters. The molecule has 1 heterocycles. The Morgan fingerprint density at radius 1 is 1.50 bits per heavy atom. The molecular formula is C13H18O3S2. The van der Waals surface area contributed by atoms with Crippen LogP contribution in [0.3, 0.4) is 0 Å². The average molecular weight is 286 g/mol. The second-order valence-corrected chi connectivity index (χ2v) is 7.74. The van der Waals surface area contributed by atoms with Crippen molar-refractivity contribution in [1.29, 1.82) is 0 Å². The highest BCUT2D eigenvalue weighted by molar-refractivity contribution is 7.90. The normalized spacial score (nSPS) is 18.4. The van der Waals surface area contributed by atoms with E-state index < -0.39 is 9.84 Å². The lowest BCUT2D eigenvalue weighted by molar-refractivity contribution is 0.349. The lowest BCUT2D eigenvalue weighted by Gasteiger charge is -2.06. The van der Waals surface area contributed by atoms with Crippen molar-refractivity contribution in [2.75, 3.05) is 12.9 Å². The minimum atomic E-state index is -3.15. The molecule has 5 heteroatoms. The van der Waals surface area contributed by atoms with Gasteiger partial charge < -0.3 is 5.11 Å². The number of thiophene rings is 1. The topological polar surface area (TPSA) is 54.4 Å². The number of sulfone groups is 1. The van der Waals surface area contributed by atoms with E-state index in [0.717, 1.165) is 10.5 Å². The first-order valence-corrected chi connectivity index (χ1v) is 8.88. The van der Waals surface area contributed by atoms with Gasteiger partial charge in [0, 0.05) is 16.5 Å². The predicted octanol–water partition coefficient (Wildman–Crippen LogP) is 2.72. The smallest absolute Gasteiger partial charge is 0.176 e. The molecule has 1 fully saturated rings. The van der Waals surface area contributed by atoms with Crippen LogP contribution in [0.15, 0.2) is 22.4 Å². The molecule has 0 amide bonds. The summed E-state index contributed by atoms with van der Waals surface area (Å²) in [5, 5.41) is 11.1. The molecule has 0 aliphatic heterocycles. The Bertz CT molecular complexity index is 534. The van der Waals surface area contributed by atoms with Crippen LogP contribution in [0.5, 0.6) is 0 Å². The van der Waals surface area contributed by atoms with Gasteiger partial charge in [-0.25, -0.2) is 8.42 Å². The van der Waals surface area contributed by atoms with E-state index in [9.17, 15) is 13.5 Å². The van der Waals surface area contributed by atoms with E-state index in [0.29, 0.717) is 10.8 Å². The third-order valence-electron chi connectivity index (χ3n) is 3.33. The van der Waals surface area contributed by atoms with E-state index in [-0.39, 0.29) is 6.61 Å². The van der Waals surface area contributed by atoms with E-state index in [1.54, 1.807) is 11.4 Å². The number of aliphatic hydroxyl groups excluding tert-OH is 1. The molecule has 3 nitrogen and oxygen atoms in total. The first-order chi connectivity index (χ1) is 8.50. The van der Waals surface area contributed by atoms with Crippen molar-refractivity contribution in [3.63, 3.8) is 0 Å². The molecular weight excluding hydrogens is 268 g/mol. The number of allylic oxidation sites excluding steroid dienone is 1. The van der Waals surface area contributed by atoms with Crippen LogP contribution in [0, 0.1) is 5.92 Å². The minimum Gasteiger partial charge on any atom is -0.392 e. The van der Waals surface area contributed by atoms with E-state index in [1.807, 2.05) is 0 Å². The maximum Gasteiger partial charge on any atom is 0.176 e. The fourth-order valence-electron chi connectivity index (χ4n) is 2.30. The zero-order valence-corrected chi connectivity index (χ0v) is 12.1. The monoisotopic (exact) mass is 286 g/mol. The molecule has 1 aromatic heterocycles. The fourth-order valence-corrected chi connectivity index (χ4v) is 4.34. The second kappa shape index (κ2) is 5.55. The van der Waals surface area contributed by atoms with Gasteiger partial charge in [-0.05, 0) is 30.4 Å². The first-order valence-electron chi connectivity index (χ1n) is 6.11. The van der Waals surface area contributed by atoms with Gasteiger partial charge in [0.15, 0.2) is 9.84 Å². The number of aliphatic hydroxyl groups is 1. The summed E-state index contributed by atoms with van der Waals surface area (Å²) in [5.74, 6) is 0.538. The molecule has 0 bridgehead atoms. The fraction of sp³-hybridized carbons (Fsp3) is 0.538. The summed E-state index contributed by atoms with van der Waals surface area (Å²) < 4.78 is 22.9. The summed E-state index contributed by atoms with van der Waals surface area (Å²) in [6.07, 6.45) is 8.17. The number of hydrogen-bond donors (Lipinski definition) is 1. The third-order valence-corrected chi connectivity index (χ3v) is 5.57. The minimum absolute atomic E-state index is 0.0276. The van der Waals surface area contributed by atoms with Gasteiger partial charge in [0.05, 0.1) is 11.5 Å². The van der Waals surface area contributed by atoms with Crippen molar-refractivity contribution in [3.8, 4) is 0 Å². The molecule has 2 rings (SSSR count). The largest absolute Gasteiger partial charge is 0.392 e. The Hall–Kier alpha value is -0.650. The number of hydrogen-bond acceptors (Lipinski definition) is 4. The van der Waals surface area contributed by atoms with Crippen molar-refractivity contribution in [2.24, 2.45) is 5.92 Å². The Labute approximate surface area is 112 Å². The predicted molar refractivity (Wildman–Crippen MR) is 74.4 cm³/mol. The molecule has 0 radical (unpaired) electrons. The Kier molecular flexibility index (Phi) is 4.25. The van der Waals surface area contributed by atoms with Gasteiger partial charge in [0.2, 0.25) is 0 Å². The Balaban J connectivity index is 2.25. The quantitative estimate of drug-likeness (QED) is 0.926. The summed E-state index contributed by atoms with van der Waals surface area (Å²) in [5.41, 5.74) is 0.863. The summed E-state index contributed by atoms with van der Waals surface area (Å²) in [7, 11) is -3.15. The molecule has 0 saturated heterocycles. The summed E-state index contributed by atoms with van der Waals surface area (Å²) >= 11 is 1.39. The zero-order chi connectivity index (χ0) is 13.2. The van der Waals surface area contributed by atoms with Crippen molar-refractivity contribution < 1.29 is 13.5 Å². The Morgan fingerprint density at radius 2 is 2.17 bits per heavy atom. The van der Waals surface area contributed by atoms with E-state index >= 15 is 0 Å². The average Bonchev–Trinajstić information content (AvgIpc) is 2.95. The Morgan fingerprint density at radius 3 is 2.67 bits per heavy atom. The van der Waals surface area contributed by atoms with Crippen molar-refractivity contribution in [1.82, 2.24) is 0 Å². The standard InChI is InChI=1S/C13H18O3S2/c1-18(15,16)12-7-13(17-9-12)11(8-14)6-10-4-2-3-5-10/h6-7,9-10,14H,2-5,8H2,1H3/b11-6+. The van der Waals surface area contributed by atoms with Gasteiger partial charge in [0.25, 0.3) is 0 Å². The van der Waals surface area contributed by atoms with Gasteiger partial charge in [-0.2, -0.15) is 0 Å². The highest BCUT2D eigenvalue weighted by Crippen LogP contribution is 2.31. The van der Waals surface area contributed by atoms with Crippen LogP contribution in [-0.2, 0) is 9.84 Å². The van der Waals surface area contributed by atoms with Crippen molar-refractivity contribution >= 4 is 26.7 Å². The van der Waals surface area contributed by atoms with Crippen LogP contribution >= 0.6 is 11.3 Å². The maximum atomic E-state index is 11.4. The van der Waals surface area contributed by atoms with Gasteiger partial charge in [0.1, 0.15) is 0 Å². The van der Waals surface area contributed by atoms with Crippen LogP contribution in [0.25, 0.3) is 5.57 Å². The molecule has 1 N–H and O–H groups in total. The molecule has 1 aromatic rings. The lowest BCUT2D eigenvalue weighted by atomic mass is 10.0. The SMILES string of the molecule is CS(=O)(=O)c1csc(/C(=C/C2CCCC2)CO)c1. The first kappa shape index (κ1) is 13.8. The molecule has 0 aromatic carbocycles. The van der Waals surface area contributed by atoms with Crippen LogP contribution in [-0.4, -0.2) is 26.4 Å². The third kappa shape index (κ3) is 3.22. The van der Waals surface area contributed by atoms with Crippen LogP contribution < -0.4 is 0 Å². The summed E-state index contributed by atoms with van der Waals surface area (Å²) in [4.78, 5) is 1.21. The van der Waals surface area contributed by atoms with Gasteiger partial charge in [-0.1, -0.05) is 18.9 Å². The highest BCUT2D eigenvalue weighted by atomic mass is 32.2. The highest BCUT2D eigenvalue weighted by Gasteiger charge is 2.16. The lowest BCUT2D eigenvalue weighted by Crippen LogP contribution is -1.96. The zero-order valence-electron chi connectivity index (χ0n) is 10.4. The van der Waals surface area contributed by atoms with Gasteiger partial charge in [-0.15, -0.1) is 11.3 Å². The van der Waals surface area contributed by atoms with Crippen molar-refractivity contribution in [2.45, 2.75) is 30.6 Å². The maximum absolute atomic E-state index is 11.4. The molecule has 1 saturated carbocycles. The van der Waals surface area contributed by atoms with Crippen LogP contribution in [0.2, 0.25) is 0 Å². The second-order valence-electron chi connectivity index (χ2n) is 4.81. The van der Waals surface area contributed by atoms with E-state index in [4.69, 9.17) is 0 Å². The van der Waals surface area contributed by atoms with Gasteiger partial charge >= 0.3 is 0 Å². The molecule has 0 atom stereocenters. The molecule has 1 aliphatic carbocycles. The molecule has 100 valence electrons. The van der Waals surface area contributed by atoms with Gasteiger partial charge in [-0.3, -0.25) is 0 Å². The van der Waals surface area contributed by atoms with Crippen LogP contribution in [0.1, 0.15) is 30.6 Å². The van der Waals surface area contributed by atoms with E-state index in [2.05, 4.69) is 6.08 Å².